The SMILES string of the molecule is CCCCCCC=CC=CCCC(CC(=O)O)OC(C)=O. The quantitative estimate of drug-likeness (QED) is 0.332. The van der Waals surface area contributed by atoms with Gasteiger partial charge in [-0.05, 0) is 25.7 Å². The predicted molar refractivity (Wildman–Crippen MR) is 84.1 cm³/mol. The molecule has 4 heteroatoms. The molecule has 0 aromatic rings. The van der Waals surface area contributed by atoms with Gasteiger partial charge >= 0.3 is 11.9 Å². The summed E-state index contributed by atoms with van der Waals surface area (Å²) in [5.74, 6) is -1.38. The lowest BCUT2D eigenvalue weighted by Crippen LogP contribution is -2.19. The summed E-state index contributed by atoms with van der Waals surface area (Å²) in [5.41, 5.74) is 0. The first-order valence-electron chi connectivity index (χ1n) is 7.77. The number of ether oxygens (including phenoxy) is 1. The predicted octanol–water partition coefficient (Wildman–Crippen LogP) is 4.26. The molecule has 0 bridgehead atoms. The van der Waals surface area contributed by atoms with E-state index in [0.717, 1.165) is 6.42 Å². The lowest BCUT2D eigenvalue weighted by atomic mass is 10.1. The van der Waals surface area contributed by atoms with Crippen molar-refractivity contribution >= 4 is 11.9 Å². The topological polar surface area (TPSA) is 63.6 Å². The van der Waals surface area contributed by atoms with Crippen molar-refractivity contribution < 1.29 is 19.4 Å². The van der Waals surface area contributed by atoms with Crippen LogP contribution in [0.5, 0.6) is 0 Å². The molecule has 21 heavy (non-hydrogen) atoms. The first-order chi connectivity index (χ1) is 10.1. The van der Waals surface area contributed by atoms with E-state index in [-0.39, 0.29) is 6.42 Å². The molecule has 0 amide bonds. The van der Waals surface area contributed by atoms with E-state index in [2.05, 4.69) is 13.0 Å². The fourth-order valence-corrected chi connectivity index (χ4v) is 1.95. The molecule has 0 aromatic heterocycles. The van der Waals surface area contributed by atoms with E-state index < -0.39 is 18.0 Å². The number of carboxylic acid groups (broad SMARTS) is 1. The largest absolute Gasteiger partial charge is 0.481 e. The van der Waals surface area contributed by atoms with E-state index in [1.54, 1.807) is 0 Å². The molecule has 0 fully saturated rings. The van der Waals surface area contributed by atoms with Crippen LogP contribution < -0.4 is 0 Å². The highest BCUT2D eigenvalue weighted by atomic mass is 16.5. The first-order valence-corrected chi connectivity index (χ1v) is 7.77. The van der Waals surface area contributed by atoms with Crippen molar-refractivity contribution in [2.24, 2.45) is 0 Å². The number of esters is 1. The van der Waals surface area contributed by atoms with Crippen LogP contribution in [0.4, 0.5) is 0 Å². The van der Waals surface area contributed by atoms with Gasteiger partial charge in [0.2, 0.25) is 0 Å². The molecule has 0 aromatic carbocycles. The highest BCUT2D eigenvalue weighted by molar-refractivity contribution is 5.69. The number of carbonyl (C=O) groups excluding carboxylic acids is 1. The van der Waals surface area contributed by atoms with E-state index in [9.17, 15) is 9.59 Å². The van der Waals surface area contributed by atoms with E-state index in [1.807, 2.05) is 18.2 Å². The molecular weight excluding hydrogens is 268 g/mol. The zero-order chi connectivity index (χ0) is 15.9. The van der Waals surface area contributed by atoms with Gasteiger partial charge in [0, 0.05) is 6.92 Å². The summed E-state index contributed by atoms with van der Waals surface area (Å²) >= 11 is 0. The minimum atomic E-state index is -0.947. The van der Waals surface area contributed by atoms with E-state index in [4.69, 9.17) is 9.84 Å². The van der Waals surface area contributed by atoms with Gasteiger partial charge in [-0.15, -0.1) is 0 Å². The Hall–Kier alpha value is -1.58. The number of aliphatic carboxylic acids is 1. The molecule has 1 N–H and O–H groups in total. The van der Waals surface area contributed by atoms with Crippen LogP contribution in [0.25, 0.3) is 0 Å². The molecule has 0 radical (unpaired) electrons. The highest BCUT2D eigenvalue weighted by Gasteiger charge is 2.14. The van der Waals surface area contributed by atoms with Crippen molar-refractivity contribution in [2.75, 3.05) is 0 Å². The van der Waals surface area contributed by atoms with Crippen molar-refractivity contribution in [1.82, 2.24) is 0 Å². The molecule has 0 saturated heterocycles. The summed E-state index contributed by atoms with van der Waals surface area (Å²) in [4.78, 5) is 21.5. The number of hydrogen-bond acceptors (Lipinski definition) is 3. The van der Waals surface area contributed by atoms with Gasteiger partial charge in [0.05, 0.1) is 6.42 Å². The number of allylic oxidation sites excluding steroid dienone is 4. The number of rotatable bonds is 12. The van der Waals surface area contributed by atoms with E-state index >= 15 is 0 Å². The Balaban J connectivity index is 3.81. The lowest BCUT2D eigenvalue weighted by Gasteiger charge is -2.13. The van der Waals surface area contributed by atoms with Crippen LogP contribution in [0.15, 0.2) is 24.3 Å². The van der Waals surface area contributed by atoms with Crippen molar-refractivity contribution in [1.29, 1.82) is 0 Å². The molecular formula is C17H28O4. The molecule has 0 aliphatic rings. The molecule has 0 heterocycles. The molecule has 0 spiro atoms. The van der Waals surface area contributed by atoms with Crippen LogP contribution in [-0.2, 0) is 14.3 Å². The minimum absolute atomic E-state index is 0.138. The van der Waals surface area contributed by atoms with Gasteiger partial charge < -0.3 is 9.84 Å². The summed E-state index contributed by atoms with van der Waals surface area (Å²) in [7, 11) is 0. The maximum absolute atomic E-state index is 10.9. The number of carboxylic acids is 1. The number of carbonyl (C=O) groups is 2. The monoisotopic (exact) mass is 296 g/mol. The van der Waals surface area contributed by atoms with Crippen molar-refractivity contribution in [3.63, 3.8) is 0 Å². The van der Waals surface area contributed by atoms with E-state index in [0.29, 0.717) is 12.8 Å². The first kappa shape index (κ1) is 19.4. The number of hydrogen-bond donors (Lipinski definition) is 1. The average molecular weight is 296 g/mol. The Kier molecular flexibility index (Phi) is 12.4. The van der Waals surface area contributed by atoms with E-state index in [1.165, 1.54) is 32.6 Å². The van der Waals surface area contributed by atoms with Gasteiger partial charge in [-0.25, -0.2) is 0 Å². The fraction of sp³-hybridized carbons (Fsp3) is 0.647. The third-order valence-electron chi connectivity index (χ3n) is 3.00. The summed E-state index contributed by atoms with van der Waals surface area (Å²) < 4.78 is 4.97. The Morgan fingerprint density at radius 2 is 1.76 bits per heavy atom. The third-order valence-corrected chi connectivity index (χ3v) is 3.00. The lowest BCUT2D eigenvalue weighted by molar-refractivity contribution is -0.151. The van der Waals surface area contributed by atoms with Crippen molar-refractivity contribution in [2.45, 2.75) is 71.3 Å². The second-order valence-electron chi connectivity index (χ2n) is 5.11. The normalized spacial score (nSPS) is 12.9. The smallest absolute Gasteiger partial charge is 0.307 e. The maximum Gasteiger partial charge on any atom is 0.307 e. The van der Waals surface area contributed by atoms with Crippen molar-refractivity contribution in [3.05, 3.63) is 24.3 Å². The van der Waals surface area contributed by atoms with Crippen LogP contribution in [0.3, 0.4) is 0 Å². The molecule has 120 valence electrons. The van der Waals surface area contributed by atoms with Gasteiger partial charge in [0.1, 0.15) is 6.10 Å². The van der Waals surface area contributed by atoms with Crippen LogP contribution in [-0.4, -0.2) is 23.1 Å². The average Bonchev–Trinajstić information content (AvgIpc) is 2.39. The molecule has 0 aliphatic carbocycles. The zero-order valence-corrected chi connectivity index (χ0v) is 13.2. The molecule has 4 nitrogen and oxygen atoms in total. The van der Waals surface area contributed by atoms with Gasteiger partial charge in [-0.3, -0.25) is 9.59 Å². The third kappa shape index (κ3) is 14.6. The molecule has 0 rings (SSSR count). The Morgan fingerprint density at radius 3 is 2.33 bits per heavy atom. The molecule has 1 atom stereocenters. The van der Waals surface area contributed by atoms with Crippen LogP contribution >= 0.6 is 0 Å². The summed E-state index contributed by atoms with van der Waals surface area (Å²) in [6.45, 7) is 3.50. The summed E-state index contributed by atoms with van der Waals surface area (Å²) in [6, 6.07) is 0. The summed E-state index contributed by atoms with van der Waals surface area (Å²) in [5, 5.41) is 8.74. The van der Waals surface area contributed by atoms with Gasteiger partial charge in [0.25, 0.3) is 0 Å². The summed E-state index contributed by atoms with van der Waals surface area (Å²) in [6.07, 6.45) is 14.8. The zero-order valence-electron chi connectivity index (χ0n) is 13.2. The van der Waals surface area contributed by atoms with Crippen LogP contribution in [0.1, 0.15) is 65.2 Å². The minimum Gasteiger partial charge on any atom is -0.481 e. The standard InChI is InChI=1S/C17H28O4/c1-3-4-5-6-7-8-9-10-11-12-13-16(14-17(19)20)21-15(2)18/h8-11,16H,3-7,12-14H2,1-2H3,(H,19,20). The Bertz CT molecular complexity index is 329. The molecule has 0 aliphatic heterocycles. The Morgan fingerprint density at radius 1 is 1.10 bits per heavy atom. The van der Waals surface area contributed by atoms with Crippen LogP contribution in [0.2, 0.25) is 0 Å². The maximum atomic E-state index is 10.9. The van der Waals surface area contributed by atoms with Gasteiger partial charge in [0.15, 0.2) is 0 Å². The van der Waals surface area contributed by atoms with Gasteiger partial charge in [-0.1, -0.05) is 50.5 Å². The van der Waals surface area contributed by atoms with Crippen LogP contribution in [0, 0.1) is 0 Å². The second kappa shape index (κ2) is 13.4. The van der Waals surface area contributed by atoms with Crippen molar-refractivity contribution in [3.8, 4) is 0 Å². The molecule has 1 unspecified atom stereocenters. The molecule has 0 saturated carbocycles. The number of unbranched alkanes of at least 4 members (excludes halogenated alkanes) is 4. The Labute approximate surface area is 127 Å². The van der Waals surface area contributed by atoms with Gasteiger partial charge in [-0.2, -0.15) is 0 Å². The second-order valence-corrected chi connectivity index (χ2v) is 5.11. The fourth-order valence-electron chi connectivity index (χ4n) is 1.95. The highest BCUT2D eigenvalue weighted by Crippen LogP contribution is 2.09.